The maximum atomic E-state index is 11.7. The third-order valence-corrected chi connectivity index (χ3v) is 3.21. The number of thiocyanates is 1. The van der Waals surface area contributed by atoms with E-state index in [9.17, 15) is 9.59 Å². The molecule has 0 spiro atoms. The molecule has 0 unspecified atom stereocenters. The standard InChI is InChI=1S/C11H17N3O2S/c12-8-17-7-3-6-13-11(16)9-4-1-2-5-10(15)14-9/h9H,1-7H2,(H,13,16)(H,14,15)/t9-/m1/s1. The predicted molar refractivity (Wildman–Crippen MR) is 66.1 cm³/mol. The minimum absolute atomic E-state index is 0.0392. The molecule has 1 heterocycles. The van der Waals surface area contributed by atoms with Gasteiger partial charge in [0.15, 0.2) is 0 Å². The SMILES string of the molecule is N#CSCCCNC(=O)[C@H]1CCCCC(=O)N1. The van der Waals surface area contributed by atoms with Gasteiger partial charge in [-0.1, -0.05) is 6.42 Å². The quantitative estimate of drug-likeness (QED) is 0.561. The van der Waals surface area contributed by atoms with E-state index in [1.54, 1.807) is 0 Å². The number of nitrogens with one attached hydrogen (secondary N) is 2. The molecule has 2 amide bonds. The summed E-state index contributed by atoms with van der Waals surface area (Å²) >= 11 is 1.18. The van der Waals surface area contributed by atoms with Gasteiger partial charge >= 0.3 is 0 Å². The Hall–Kier alpha value is -1.22. The number of nitrogens with zero attached hydrogens (tertiary/aromatic N) is 1. The number of amides is 2. The van der Waals surface area contributed by atoms with Gasteiger partial charge in [-0.3, -0.25) is 9.59 Å². The maximum absolute atomic E-state index is 11.7. The summed E-state index contributed by atoms with van der Waals surface area (Å²) < 4.78 is 0. The largest absolute Gasteiger partial charge is 0.354 e. The summed E-state index contributed by atoms with van der Waals surface area (Å²) in [6.07, 6.45) is 3.76. The van der Waals surface area contributed by atoms with Crippen LogP contribution in [0.5, 0.6) is 0 Å². The molecule has 1 aliphatic rings. The van der Waals surface area contributed by atoms with Gasteiger partial charge in [0.05, 0.1) is 0 Å². The molecule has 1 saturated heterocycles. The second-order valence-electron chi connectivity index (χ2n) is 3.95. The Morgan fingerprint density at radius 2 is 2.41 bits per heavy atom. The van der Waals surface area contributed by atoms with Gasteiger partial charge in [0.2, 0.25) is 11.8 Å². The van der Waals surface area contributed by atoms with Gasteiger partial charge in [-0.15, -0.1) is 0 Å². The first-order valence-corrected chi connectivity index (χ1v) is 6.80. The average molecular weight is 255 g/mol. The molecule has 2 N–H and O–H groups in total. The summed E-state index contributed by atoms with van der Waals surface area (Å²) in [7, 11) is 0. The summed E-state index contributed by atoms with van der Waals surface area (Å²) in [5.41, 5.74) is 0. The van der Waals surface area contributed by atoms with E-state index in [-0.39, 0.29) is 17.9 Å². The van der Waals surface area contributed by atoms with Crippen LogP contribution in [0.15, 0.2) is 0 Å². The van der Waals surface area contributed by atoms with E-state index < -0.39 is 0 Å². The van der Waals surface area contributed by atoms with E-state index in [1.807, 2.05) is 5.40 Å². The fourth-order valence-corrected chi connectivity index (χ4v) is 2.07. The first-order valence-electron chi connectivity index (χ1n) is 5.82. The highest BCUT2D eigenvalue weighted by atomic mass is 32.2. The smallest absolute Gasteiger partial charge is 0.242 e. The predicted octanol–water partition coefficient (Wildman–Crippen LogP) is 0.766. The number of carbonyl (C=O) groups excluding carboxylic acids is 2. The van der Waals surface area contributed by atoms with Crippen molar-refractivity contribution in [3.63, 3.8) is 0 Å². The van der Waals surface area contributed by atoms with Crippen LogP contribution in [0.25, 0.3) is 0 Å². The molecule has 1 aliphatic heterocycles. The van der Waals surface area contributed by atoms with E-state index in [2.05, 4.69) is 10.6 Å². The van der Waals surface area contributed by atoms with Crippen molar-refractivity contribution in [2.45, 2.75) is 38.1 Å². The van der Waals surface area contributed by atoms with Crippen molar-refractivity contribution < 1.29 is 9.59 Å². The molecule has 5 nitrogen and oxygen atoms in total. The van der Waals surface area contributed by atoms with Crippen molar-refractivity contribution in [1.82, 2.24) is 10.6 Å². The molecule has 0 aromatic heterocycles. The average Bonchev–Trinajstić information content (AvgIpc) is 2.53. The number of hydrogen-bond donors (Lipinski definition) is 2. The van der Waals surface area contributed by atoms with E-state index in [0.717, 1.165) is 19.3 Å². The van der Waals surface area contributed by atoms with Gasteiger partial charge in [0.25, 0.3) is 0 Å². The van der Waals surface area contributed by atoms with Crippen LogP contribution >= 0.6 is 11.8 Å². The van der Waals surface area contributed by atoms with Crippen molar-refractivity contribution in [2.24, 2.45) is 0 Å². The second-order valence-corrected chi connectivity index (χ2v) is 4.83. The Morgan fingerprint density at radius 3 is 3.18 bits per heavy atom. The molecule has 17 heavy (non-hydrogen) atoms. The van der Waals surface area contributed by atoms with Crippen LogP contribution in [0.1, 0.15) is 32.1 Å². The van der Waals surface area contributed by atoms with Gasteiger partial charge in [-0.05, 0) is 31.0 Å². The lowest BCUT2D eigenvalue weighted by Gasteiger charge is -2.15. The van der Waals surface area contributed by atoms with Gasteiger partial charge < -0.3 is 10.6 Å². The summed E-state index contributed by atoms with van der Waals surface area (Å²) in [4.78, 5) is 23.0. The Balaban J connectivity index is 2.22. The van der Waals surface area contributed by atoms with Gasteiger partial charge in [0.1, 0.15) is 11.4 Å². The molecule has 6 heteroatoms. The zero-order valence-corrected chi connectivity index (χ0v) is 10.5. The van der Waals surface area contributed by atoms with E-state index in [4.69, 9.17) is 5.26 Å². The summed E-state index contributed by atoms with van der Waals surface area (Å²) in [5.74, 6) is 0.568. The van der Waals surface area contributed by atoms with Crippen LogP contribution in [0.3, 0.4) is 0 Å². The normalized spacial score (nSPS) is 19.9. The zero-order chi connectivity index (χ0) is 12.5. The van der Waals surface area contributed by atoms with E-state index in [0.29, 0.717) is 25.1 Å². The summed E-state index contributed by atoms with van der Waals surface area (Å²) in [5, 5.41) is 15.8. The Morgan fingerprint density at radius 1 is 1.59 bits per heavy atom. The maximum Gasteiger partial charge on any atom is 0.242 e. The molecule has 0 saturated carbocycles. The fourth-order valence-electron chi connectivity index (χ4n) is 1.69. The third-order valence-electron chi connectivity index (χ3n) is 2.59. The zero-order valence-electron chi connectivity index (χ0n) is 9.70. The first-order chi connectivity index (χ1) is 8.24. The topological polar surface area (TPSA) is 82.0 Å². The number of carbonyl (C=O) groups is 2. The molecule has 1 atom stereocenters. The van der Waals surface area contributed by atoms with Crippen molar-refractivity contribution in [3.05, 3.63) is 0 Å². The molecular formula is C11H17N3O2S. The monoisotopic (exact) mass is 255 g/mol. The molecular weight excluding hydrogens is 238 g/mol. The van der Waals surface area contributed by atoms with Crippen LogP contribution in [0.4, 0.5) is 0 Å². The van der Waals surface area contributed by atoms with E-state index in [1.165, 1.54) is 11.8 Å². The van der Waals surface area contributed by atoms with Gasteiger partial charge in [-0.25, -0.2) is 0 Å². The Labute approximate surface area is 105 Å². The fraction of sp³-hybridized carbons (Fsp3) is 0.727. The van der Waals surface area contributed by atoms with Crippen LogP contribution in [0.2, 0.25) is 0 Å². The van der Waals surface area contributed by atoms with Crippen molar-refractivity contribution in [2.75, 3.05) is 12.3 Å². The van der Waals surface area contributed by atoms with Crippen LogP contribution in [-0.4, -0.2) is 30.2 Å². The van der Waals surface area contributed by atoms with Crippen molar-refractivity contribution >= 4 is 23.6 Å². The Bertz CT molecular complexity index is 314. The summed E-state index contributed by atoms with van der Waals surface area (Å²) in [6.45, 7) is 0.555. The minimum atomic E-state index is -0.381. The summed E-state index contributed by atoms with van der Waals surface area (Å²) in [6, 6.07) is -0.381. The number of thioether (sulfide) groups is 1. The molecule has 0 aromatic carbocycles. The molecule has 1 rings (SSSR count). The second kappa shape index (κ2) is 7.96. The van der Waals surface area contributed by atoms with E-state index >= 15 is 0 Å². The van der Waals surface area contributed by atoms with Crippen molar-refractivity contribution in [1.29, 1.82) is 5.26 Å². The van der Waals surface area contributed by atoms with Crippen LogP contribution in [-0.2, 0) is 9.59 Å². The van der Waals surface area contributed by atoms with Crippen LogP contribution in [0, 0.1) is 10.7 Å². The highest BCUT2D eigenvalue weighted by molar-refractivity contribution is 8.03. The van der Waals surface area contributed by atoms with Crippen molar-refractivity contribution in [3.8, 4) is 5.40 Å². The lowest BCUT2D eigenvalue weighted by molar-refractivity contribution is -0.128. The lowest BCUT2D eigenvalue weighted by atomic mass is 10.1. The molecule has 1 fully saturated rings. The molecule has 0 aromatic rings. The molecule has 0 bridgehead atoms. The third kappa shape index (κ3) is 5.59. The van der Waals surface area contributed by atoms with Gasteiger partial charge in [0, 0.05) is 18.7 Å². The lowest BCUT2D eigenvalue weighted by Crippen LogP contribution is -2.45. The highest BCUT2D eigenvalue weighted by Crippen LogP contribution is 2.09. The first kappa shape index (κ1) is 13.8. The number of rotatable bonds is 5. The minimum Gasteiger partial charge on any atom is -0.354 e. The van der Waals surface area contributed by atoms with Gasteiger partial charge in [-0.2, -0.15) is 5.26 Å². The van der Waals surface area contributed by atoms with Crippen LogP contribution < -0.4 is 10.6 Å². The number of hydrogen-bond acceptors (Lipinski definition) is 4. The molecule has 0 aliphatic carbocycles. The Kier molecular flexibility index (Phi) is 6.48. The molecule has 0 radical (unpaired) electrons. The highest BCUT2D eigenvalue weighted by Gasteiger charge is 2.22. The number of nitriles is 1. The molecule has 94 valence electrons.